The average molecular weight is 374 g/mol. The van der Waals surface area contributed by atoms with Crippen molar-refractivity contribution in [1.82, 2.24) is 20.1 Å². The van der Waals surface area contributed by atoms with Crippen LogP contribution in [0.2, 0.25) is 0 Å². The molecule has 0 unspecified atom stereocenters. The predicted octanol–water partition coefficient (Wildman–Crippen LogP) is 3.58. The SMILES string of the molecule is Cc1nc(C(F)(F)F)ccc1C(=O)NCc1ccccc1Cn1cccn1. The van der Waals surface area contributed by atoms with Crippen LogP contribution in [0.15, 0.2) is 54.9 Å². The molecule has 8 heteroatoms. The Kier molecular flexibility index (Phi) is 5.25. The van der Waals surface area contributed by atoms with Gasteiger partial charge >= 0.3 is 6.18 Å². The number of nitrogens with one attached hydrogen (secondary N) is 1. The molecular weight excluding hydrogens is 357 g/mol. The van der Waals surface area contributed by atoms with Gasteiger partial charge in [0.2, 0.25) is 0 Å². The molecule has 3 rings (SSSR count). The van der Waals surface area contributed by atoms with E-state index in [0.29, 0.717) is 6.54 Å². The van der Waals surface area contributed by atoms with Gasteiger partial charge in [0.1, 0.15) is 5.69 Å². The average Bonchev–Trinajstić information content (AvgIpc) is 3.13. The summed E-state index contributed by atoms with van der Waals surface area (Å²) < 4.78 is 39.9. The Labute approximate surface area is 153 Å². The van der Waals surface area contributed by atoms with Gasteiger partial charge < -0.3 is 5.32 Å². The lowest BCUT2D eigenvalue weighted by Crippen LogP contribution is -2.25. The van der Waals surface area contributed by atoms with Gasteiger partial charge in [0.15, 0.2) is 0 Å². The number of halogens is 3. The van der Waals surface area contributed by atoms with E-state index in [9.17, 15) is 18.0 Å². The van der Waals surface area contributed by atoms with Crippen LogP contribution in [0.1, 0.15) is 32.9 Å². The van der Waals surface area contributed by atoms with Crippen LogP contribution >= 0.6 is 0 Å². The Bertz CT molecular complexity index is 936. The number of amides is 1. The van der Waals surface area contributed by atoms with Crippen LogP contribution in [0, 0.1) is 6.92 Å². The van der Waals surface area contributed by atoms with Crippen LogP contribution in [-0.2, 0) is 19.3 Å². The molecule has 0 saturated carbocycles. The molecule has 5 nitrogen and oxygen atoms in total. The molecule has 1 N–H and O–H groups in total. The molecule has 0 aliphatic heterocycles. The maximum Gasteiger partial charge on any atom is 0.433 e. The lowest BCUT2D eigenvalue weighted by Gasteiger charge is -2.13. The lowest BCUT2D eigenvalue weighted by molar-refractivity contribution is -0.141. The summed E-state index contributed by atoms with van der Waals surface area (Å²) in [4.78, 5) is 15.9. The van der Waals surface area contributed by atoms with E-state index in [1.165, 1.54) is 6.92 Å². The van der Waals surface area contributed by atoms with Crippen LogP contribution < -0.4 is 5.32 Å². The number of carbonyl (C=O) groups is 1. The van der Waals surface area contributed by atoms with Crippen LogP contribution in [0.5, 0.6) is 0 Å². The van der Waals surface area contributed by atoms with Crippen molar-refractivity contribution in [1.29, 1.82) is 0 Å². The minimum absolute atomic E-state index is 0.0344. The van der Waals surface area contributed by atoms with E-state index in [1.807, 2.05) is 36.5 Å². The zero-order valence-corrected chi connectivity index (χ0v) is 14.5. The van der Waals surface area contributed by atoms with Crippen molar-refractivity contribution in [3.8, 4) is 0 Å². The number of hydrogen-bond acceptors (Lipinski definition) is 3. The first kappa shape index (κ1) is 18.6. The molecule has 0 aliphatic carbocycles. The summed E-state index contributed by atoms with van der Waals surface area (Å²) in [5.74, 6) is -0.470. The van der Waals surface area contributed by atoms with Gasteiger partial charge in [0.25, 0.3) is 5.91 Å². The van der Waals surface area contributed by atoms with Gasteiger partial charge in [-0.2, -0.15) is 18.3 Å². The van der Waals surface area contributed by atoms with Gasteiger partial charge in [-0.15, -0.1) is 0 Å². The monoisotopic (exact) mass is 374 g/mol. The summed E-state index contributed by atoms with van der Waals surface area (Å²) in [6, 6.07) is 11.4. The summed E-state index contributed by atoms with van der Waals surface area (Å²) in [6.07, 6.45) is -1.01. The van der Waals surface area contributed by atoms with E-state index in [2.05, 4.69) is 15.4 Å². The highest BCUT2D eigenvalue weighted by atomic mass is 19.4. The van der Waals surface area contributed by atoms with Crippen molar-refractivity contribution >= 4 is 5.91 Å². The minimum Gasteiger partial charge on any atom is -0.348 e. The number of benzene rings is 1. The number of pyridine rings is 1. The molecule has 0 aliphatic rings. The zero-order chi connectivity index (χ0) is 19.4. The summed E-state index contributed by atoms with van der Waals surface area (Å²) in [5, 5.41) is 6.91. The maximum atomic E-state index is 12.7. The number of hydrogen-bond donors (Lipinski definition) is 1. The molecule has 0 atom stereocenters. The Hall–Kier alpha value is -3.16. The van der Waals surface area contributed by atoms with Gasteiger partial charge in [-0.25, -0.2) is 4.98 Å². The smallest absolute Gasteiger partial charge is 0.348 e. The van der Waals surface area contributed by atoms with E-state index in [4.69, 9.17) is 0 Å². The first-order valence-electron chi connectivity index (χ1n) is 8.22. The quantitative estimate of drug-likeness (QED) is 0.743. The molecule has 140 valence electrons. The number of nitrogens with zero attached hydrogens (tertiary/aromatic N) is 3. The Morgan fingerprint density at radius 3 is 2.48 bits per heavy atom. The Morgan fingerprint density at radius 1 is 1.11 bits per heavy atom. The van der Waals surface area contributed by atoms with E-state index >= 15 is 0 Å². The number of carbonyl (C=O) groups excluding carboxylic acids is 1. The van der Waals surface area contributed by atoms with Gasteiger partial charge in [-0.3, -0.25) is 9.48 Å². The first-order valence-corrected chi connectivity index (χ1v) is 8.22. The molecule has 3 aromatic rings. The molecule has 0 saturated heterocycles. The summed E-state index contributed by atoms with van der Waals surface area (Å²) in [5.41, 5.74) is 1.03. The van der Waals surface area contributed by atoms with Crippen molar-refractivity contribution < 1.29 is 18.0 Å². The van der Waals surface area contributed by atoms with Gasteiger partial charge in [-0.1, -0.05) is 24.3 Å². The lowest BCUT2D eigenvalue weighted by atomic mass is 10.1. The van der Waals surface area contributed by atoms with Crippen molar-refractivity contribution in [2.45, 2.75) is 26.2 Å². The number of alkyl halides is 3. The van der Waals surface area contributed by atoms with Crippen LogP contribution in [0.25, 0.3) is 0 Å². The molecule has 0 radical (unpaired) electrons. The molecule has 1 amide bonds. The zero-order valence-electron chi connectivity index (χ0n) is 14.5. The number of aryl methyl sites for hydroxylation is 1. The third kappa shape index (κ3) is 4.52. The number of aromatic nitrogens is 3. The summed E-state index contributed by atoms with van der Waals surface area (Å²) in [7, 11) is 0. The molecule has 2 heterocycles. The predicted molar refractivity (Wildman–Crippen MR) is 92.9 cm³/mol. The topological polar surface area (TPSA) is 59.8 Å². The summed E-state index contributed by atoms with van der Waals surface area (Å²) >= 11 is 0. The highest BCUT2D eigenvalue weighted by molar-refractivity contribution is 5.95. The van der Waals surface area contributed by atoms with Gasteiger partial charge in [0.05, 0.1) is 17.8 Å². The molecule has 0 spiro atoms. The Morgan fingerprint density at radius 2 is 1.85 bits per heavy atom. The second-order valence-corrected chi connectivity index (χ2v) is 5.98. The second kappa shape index (κ2) is 7.61. The third-order valence-corrected chi connectivity index (χ3v) is 4.07. The van der Waals surface area contributed by atoms with Crippen LogP contribution in [0.4, 0.5) is 13.2 Å². The van der Waals surface area contributed by atoms with Crippen molar-refractivity contribution in [3.63, 3.8) is 0 Å². The molecule has 2 aromatic heterocycles. The van der Waals surface area contributed by atoms with Gasteiger partial charge in [0, 0.05) is 18.9 Å². The highest BCUT2D eigenvalue weighted by Gasteiger charge is 2.33. The van der Waals surface area contributed by atoms with Crippen molar-refractivity contribution in [2.75, 3.05) is 0 Å². The molecule has 1 aromatic carbocycles. The second-order valence-electron chi connectivity index (χ2n) is 5.98. The van der Waals surface area contributed by atoms with Crippen LogP contribution in [0.3, 0.4) is 0 Å². The fourth-order valence-electron chi connectivity index (χ4n) is 2.68. The fraction of sp³-hybridized carbons (Fsp3) is 0.211. The Balaban J connectivity index is 1.71. The van der Waals surface area contributed by atoms with E-state index < -0.39 is 17.8 Å². The molecule has 0 fully saturated rings. The summed E-state index contributed by atoms with van der Waals surface area (Å²) in [6.45, 7) is 2.19. The van der Waals surface area contributed by atoms with Gasteiger partial charge in [-0.05, 0) is 36.2 Å². The standard InChI is InChI=1S/C19H17F3N4O/c1-13-16(7-8-17(25-13)19(20,21)22)18(27)23-11-14-5-2-3-6-15(14)12-26-10-4-9-24-26/h2-10H,11-12H2,1H3,(H,23,27). The molecule has 27 heavy (non-hydrogen) atoms. The van der Waals surface area contributed by atoms with E-state index in [-0.39, 0.29) is 17.8 Å². The van der Waals surface area contributed by atoms with E-state index in [0.717, 1.165) is 23.3 Å². The highest BCUT2D eigenvalue weighted by Crippen LogP contribution is 2.28. The first-order chi connectivity index (χ1) is 12.8. The van der Waals surface area contributed by atoms with Crippen LogP contribution in [-0.4, -0.2) is 20.7 Å². The van der Waals surface area contributed by atoms with Crippen molar-refractivity contribution in [3.05, 3.63) is 82.9 Å². The van der Waals surface area contributed by atoms with E-state index in [1.54, 1.807) is 10.9 Å². The fourth-order valence-corrected chi connectivity index (χ4v) is 2.68. The minimum atomic E-state index is -4.54. The maximum absolute atomic E-state index is 12.7. The third-order valence-electron chi connectivity index (χ3n) is 4.07. The number of rotatable bonds is 5. The largest absolute Gasteiger partial charge is 0.433 e. The molecule has 0 bridgehead atoms. The van der Waals surface area contributed by atoms with Crippen molar-refractivity contribution in [2.24, 2.45) is 0 Å². The normalized spacial score (nSPS) is 11.4. The molecular formula is C19H17F3N4O.